The summed E-state index contributed by atoms with van der Waals surface area (Å²) in [5.74, 6) is -0.486. The van der Waals surface area contributed by atoms with Crippen LogP contribution in [0.4, 0.5) is 4.39 Å². The van der Waals surface area contributed by atoms with Gasteiger partial charge in [-0.3, -0.25) is 9.48 Å². The lowest BCUT2D eigenvalue weighted by Crippen LogP contribution is -2.03. The Hall–Kier alpha value is -1.97. The zero-order chi connectivity index (χ0) is 12.3. The van der Waals surface area contributed by atoms with Crippen LogP contribution in [-0.4, -0.2) is 15.6 Å². The number of ketones is 1. The van der Waals surface area contributed by atoms with E-state index in [9.17, 15) is 9.18 Å². The van der Waals surface area contributed by atoms with E-state index in [1.807, 2.05) is 13.1 Å². The highest BCUT2D eigenvalue weighted by molar-refractivity contribution is 5.97. The van der Waals surface area contributed by atoms with Crippen molar-refractivity contribution in [2.45, 2.75) is 19.9 Å². The van der Waals surface area contributed by atoms with Crippen LogP contribution < -0.4 is 0 Å². The van der Waals surface area contributed by atoms with E-state index < -0.39 is 0 Å². The van der Waals surface area contributed by atoms with Crippen LogP contribution in [-0.2, 0) is 13.0 Å². The Morgan fingerprint density at radius 2 is 2.29 bits per heavy atom. The van der Waals surface area contributed by atoms with E-state index in [2.05, 4.69) is 5.10 Å². The van der Waals surface area contributed by atoms with Gasteiger partial charge in [-0.25, -0.2) is 4.39 Å². The molecular formula is C13H13FN2O. The molecule has 1 heterocycles. The minimum absolute atomic E-state index is 0.0971. The lowest BCUT2D eigenvalue weighted by Gasteiger charge is -1.99. The second-order valence-electron chi connectivity index (χ2n) is 3.81. The summed E-state index contributed by atoms with van der Waals surface area (Å²) in [7, 11) is 0. The molecule has 0 unspecified atom stereocenters. The van der Waals surface area contributed by atoms with Gasteiger partial charge in [-0.1, -0.05) is 12.1 Å². The van der Waals surface area contributed by atoms with Gasteiger partial charge in [0.1, 0.15) is 5.82 Å². The van der Waals surface area contributed by atoms with Crippen LogP contribution in [0.2, 0.25) is 0 Å². The van der Waals surface area contributed by atoms with Crippen molar-refractivity contribution in [2.24, 2.45) is 0 Å². The highest BCUT2D eigenvalue weighted by Crippen LogP contribution is 2.08. The van der Waals surface area contributed by atoms with Gasteiger partial charge in [-0.05, 0) is 24.6 Å². The molecule has 0 atom stereocenters. The van der Waals surface area contributed by atoms with E-state index in [0.717, 1.165) is 12.1 Å². The van der Waals surface area contributed by atoms with Gasteiger partial charge in [0.25, 0.3) is 0 Å². The summed E-state index contributed by atoms with van der Waals surface area (Å²) in [5.41, 5.74) is 1.25. The average molecular weight is 232 g/mol. The summed E-state index contributed by atoms with van der Waals surface area (Å²) in [5, 5.41) is 4.09. The predicted molar refractivity (Wildman–Crippen MR) is 62.3 cm³/mol. The van der Waals surface area contributed by atoms with Crippen molar-refractivity contribution >= 4 is 5.78 Å². The number of halogens is 1. The van der Waals surface area contributed by atoms with E-state index >= 15 is 0 Å². The van der Waals surface area contributed by atoms with Gasteiger partial charge >= 0.3 is 0 Å². The zero-order valence-electron chi connectivity index (χ0n) is 9.56. The lowest BCUT2D eigenvalue weighted by molar-refractivity contribution is 0.0992. The third-order valence-corrected chi connectivity index (χ3v) is 2.52. The number of hydrogen-bond acceptors (Lipinski definition) is 2. The molecule has 0 saturated carbocycles. The van der Waals surface area contributed by atoms with Gasteiger partial charge in [-0.15, -0.1) is 0 Å². The Morgan fingerprint density at radius 3 is 2.94 bits per heavy atom. The number of hydrogen-bond donors (Lipinski definition) is 0. The number of Topliss-reactive ketones (excluding diaryl/α,β-unsaturated/α-hetero) is 1. The number of benzene rings is 1. The highest BCUT2D eigenvalue weighted by Gasteiger charge is 2.09. The highest BCUT2D eigenvalue weighted by atomic mass is 19.1. The van der Waals surface area contributed by atoms with Crippen molar-refractivity contribution in [3.63, 3.8) is 0 Å². The minimum Gasteiger partial charge on any atom is -0.294 e. The molecule has 0 aliphatic heterocycles. The largest absolute Gasteiger partial charge is 0.294 e. The van der Waals surface area contributed by atoms with Crippen molar-refractivity contribution in [2.75, 3.05) is 0 Å². The number of aromatic nitrogens is 2. The van der Waals surface area contributed by atoms with Crippen LogP contribution in [0.25, 0.3) is 0 Å². The van der Waals surface area contributed by atoms with Gasteiger partial charge in [0.15, 0.2) is 5.78 Å². The third kappa shape index (κ3) is 2.78. The average Bonchev–Trinajstić information content (AvgIpc) is 2.77. The minimum atomic E-state index is -0.389. The molecule has 3 nitrogen and oxygen atoms in total. The van der Waals surface area contributed by atoms with Crippen LogP contribution in [0.5, 0.6) is 0 Å². The van der Waals surface area contributed by atoms with Crippen molar-refractivity contribution in [3.05, 3.63) is 53.6 Å². The molecule has 1 aromatic carbocycles. The van der Waals surface area contributed by atoms with E-state index in [0.29, 0.717) is 5.56 Å². The molecule has 0 aliphatic carbocycles. The van der Waals surface area contributed by atoms with Crippen LogP contribution in [0.3, 0.4) is 0 Å². The molecule has 0 saturated heterocycles. The van der Waals surface area contributed by atoms with E-state index in [-0.39, 0.29) is 18.0 Å². The first-order valence-electron chi connectivity index (χ1n) is 5.49. The fourth-order valence-corrected chi connectivity index (χ4v) is 1.62. The van der Waals surface area contributed by atoms with E-state index in [1.165, 1.54) is 18.2 Å². The molecule has 88 valence electrons. The maximum Gasteiger partial charge on any atom is 0.167 e. The molecule has 17 heavy (non-hydrogen) atoms. The topological polar surface area (TPSA) is 34.9 Å². The normalized spacial score (nSPS) is 10.5. The summed E-state index contributed by atoms with van der Waals surface area (Å²) in [6.07, 6.45) is 3.75. The molecule has 0 fully saturated rings. The maximum atomic E-state index is 13.0. The molecule has 2 rings (SSSR count). The Balaban J connectivity index is 2.11. The molecule has 0 aliphatic rings. The molecule has 0 bridgehead atoms. The van der Waals surface area contributed by atoms with Crippen LogP contribution in [0, 0.1) is 5.82 Å². The number of carbonyl (C=O) groups is 1. The summed E-state index contributed by atoms with van der Waals surface area (Å²) < 4.78 is 14.7. The summed E-state index contributed by atoms with van der Waals surface area (Å²) >= 11 is 0. The Kier molecular flexibility index (Phi) is 3.32. The SMILES string of the molecule is CCn1cc(CC(=O)c2cccc(F)c2)cn1. The van der Waals surface area contributed by atoms with Crippen LogP contribution in [0.15, 0.2) is 36.7 Å². The first-order valence-corrected chi connectivity index (χ1v) is 5.49. The quantitative estimate of drug-likeness (QED) is 0.759. The smallest absolute Gasteiger partial charge is 0.167 e. The standard InChI is InChI=1S/C13H13FN2O/c1-2-16-9-10(8-15-16)6-13(17)11-4-3-5-12(14)7-11/h3-5,7-9H,2,6H2,1H3. The summed E-state index contributed by atoms with van der Waals surface area (Å²) in [6, 6.07) is 5.74. The maximum absolute atomic E-state index is 13.0. The lowest BCUT2D eigenvalue weighted by atomic mass is 10.1. The predicted octanol–water partition coefficient (Wildman–Crippen LogP) is 2.47. The molecule has 0 amide bonds. The second kappa shape index (κ2) is 4.91. The van der Waals surface area contributed by atoms with Crippen LogP contribution in [0.1, 0.15) is 22.8 Å². The first-order chi connectivity index (χ1) is 8.19. The fraction of sp³-hybridized carbons (Fsp3) is 0.231. The van der Waals surface area contributed by atoms with Gasteiger partial charge in [0.2, 0.25) is 0 Å². The molecule has 4 heteroatoms. The second-order valence-corrected chi connectivity index (χ2v) is 3.81. The number of nitrogens with zero attached hydrogens (tertiary/aromatic N) is 2. The van der Waals surface area contributed by atoms with E-state index in [1.54, 1.807) is 16.9 Å². The van der Waals surface area contributed by atoms with Gasteiger partial charge in [0, 0.05) is 24.7 Å². The molecule has 1 aromatic heterocycles. The number of aryl methyl sites for hydroxylation is 1. The Labute approximate surface area is 98.9 Å². The zero-order valence-corrected chi connectivity index (χ0v) is 9.56. The number of rotatable bonds is 4. The monoisotopic (exact) mass is 232 g/mol. The van der Waals surface area contributed by atoms with Gasteiger partial charge in [0.05, 0.1) is 6.20 Å². The Bertz CT molecular complexity index is 534. The van der Waals surface area contributed by atoms with Crippen LogP contribution >= 0.6 is 0 Å². The first kappa shape index (κ1) is 11.5. The van der Waals surface area contributed by atoms with Crippen molar-refractivity contribution < 1.29 is 9.18 Å². The molecule has 2 aromatic rings. The molecular weight excluding hydrogens is 219 g/mol. The van der Waals surface area contributed by atoms with Gasteiger partial charge in [-0.2, -0.15) is 5.10 Å². The van der Waals surface area contributed by atoms with Crippen molar-refractivity contribution in [1.82, 2.24) is 9.78 Å². The molecule has 0 radical (unpaired) electrons. The van der Waals surface area contributed by atoms with E-state index in [4.69, 9.17) is 0 Å². The molecule has 0 spiro atoms. The fourth-order valence-electron chi connectivity index (χ4n) is 1.62. The number of carbonyl (C=O) groups excluding carboxylic acids is 1. The van der Waals surface area contributed by atoms with Crippen molar-refractivity contribution in [1.29, 1.82) is 0 Å². The summed E-state index contributed by atoms with van der Waals surface area (Å²) in [6.45, 7) is 2.75. The molecule has 0 N–H and O–H groups in total. The third-order valence-electron chi connectivity index (χ3n) is 2.52. The van der Waals surface area contributed by atoms with Crippen molar-refractivity contribution in [3.8, 4) is 0 Å². The Morgan fingerprint density at radius 1 is 1.47 bits per heavy atom. The van der Waals surface area contributed by atoms with Gasteiger partial charge < -0.3 is 0 Å². The summed E-state index contributed by atoms with van der Waals surface area (Å²) in [4.78, 5) is 11.9.